The quantitative estimate of drug-likeness (QED) is 0.113. The number of benzene rings is 14. The summed E-state index contributed by atoms with van der Waals surface area (Å²) in [4.78, 5) is 20.4. The van der Waals surface area contributed by atoms with Crippen LogP contribution in [0, 0.1) is 29.2 Å². The summed E-state index contributed by atoms with van der Waals surface area (Å²) in [5.41, 5.74) is 23.7. The van der Waals surface area contributed by atoms with Crippen LogP contribution in [0.25, 0.3) is 172 Å². The van der Waals surface area contributed by atoms with E-state index in [0.29, 0.717) is 34.3 Å². The topological polar surface area (TPSA) is 100 Å². The van der Waals surface area contributed by atoms with E-state index in [1.54, 1.807) is 0 Å². The van der Waals surface area contributed by atoms with Crippen LogP contribution < -0.4 is 0 Å². The normalized spacial score (nSPS) is 11.2. The zero-order chi connectivity index (χ0) is 65.6. The lowest BCUT2D eigenvalue weighted by atomic mass is 9.96. The Bertz CT molecular complexity index is 5610. The molecule has 8 nitrogen and oxygen atoms in total. The van der Waals surface area contributed by atoms with Crippen molar-refractivity contribution in [2.75, 3.05) is 0 Å². The number of hydrogen-bond acceptors (Lipinski definition) is 5. The molecule has 0 saturated heterocycles. The van der Waals surface area contributed by atoms with Crippen LogP contribution in [0.15, 0.2) is 328 Å². The Morgan fingerprint density at radius 3 is 1.07 bits per heavy atom. The molecule has 98 heavy (non-hydrogen) atoms. The summed E-state index contributed by atoms with van der Waals surface area (Å²) < 4.78 is 4.67. The maximum absolute atomic E-state index is 10.5. The van der Waals surface area contributed by atoms with Crippen LogP contribution in [0.1, 0.15) is 11.1 Å². The minimum Gasteiger partial charge on any atom is -0.309 e. The van der Waals surface area contributed by atoms with E-state index in [4.69, 9.17) is 21.5 Å². The van der Waals surface area contributed by atoms with E-state index >= 15 is 0 Å². The van der Waals surface area contributed by atoms with Crippen LogP contribution in [-0.2, 0) is 0 Å². The fraction of sp³-hybridized carbons (Fsp3) is 0. The van der Waals surface area contributed by atoms with E-state index in [9.17, 15) is 10.5 Å². The minimum atomic E-state index is 0.408. The molecule has 3 aromatic heterocycles. The molecule has 8 heteroatoms. The zero-order valence-corrected chi connectivity index (χ0v) is 52.8. The first-order valence-corrected chi connectivity index (χ1v) is 32.4. The zero-order valence-electron chi connectivity index (χ0n) is 52.8. The lowest BCUT2D eigenvalue weighted by molar-refractivity contribution is 1.07. The summed E-state index contributed by atoms with van der Waals surface area (Å²) in [6, 6.07) is 118. The van der Waals surface area contributed by atoms with E-state index in [-0.39, 0.29) is 0 Å². The molecule has 0 aliphatic rings. The van der Waals surface area contributed by atoms with Gasteiger partial charge in [-0.1, -0.05) is 218 Å². The van der Waals surface area contributed by atoms with E-state index in [1.165, 1.54) is 0 Å². The smallest absolute Gasteiger partial charge is 0.187 e. The number of nitriles is 2. The number of aromatic nitrogens is 5. The molecule has 0 aliphatic carbocycles. The first kappa shape index (κ1) is 58.0. The molecule has 3 heterocycles. The number of hydrogen-bond donors (Lipinski definition) is 0. The summed E-state index contributed by atoms with van der Waals surface area (Å²) >= 11 is 0. The van der Waals surface area contributed by atoms with Gasteiger partial charge in [-0.15, -0.1) is 0 Å². The van der Waals surface area contributed by atoms with Crippen LogP contribution >= 0.6 is 0 Å². The Kier molecular flexibility index (Phi) is 14.5. The molecule has 0 fully saturated rings. The highest BCUT2D eigenvalue weighted by Crippen LogP contribution is 2.44. The number of fused-ring (bicyclic) bond motifs is 6. The van der Waals surface area contributed by atoms with Crippen LogP contribution in [0.3, 0.4) is 0 Å². The molecular formula is C90H54N8. The molecule has 0 saturated carbocycles. The Hall–Kier alpha value is -13.8. The van der Waals surface area contributed by atoms with Gasteiger partial charge in [0.05, 0.1) is 51.9 Å². The van der Waals surface area contributed by atoms with Crippen LogP contribution in [0.4, 0.5) is 5.69 Å². The van der Waals surface area contributed by atoms with Crippen molar-refractivity contribution in [3.05, 3.63) is 350 Å². The largest absolute Gasteiger partial charge is 0.309 e. The van der Waals surface area contributed by atoms with Crippen molar-refractivity contribution in [3.8, 4) is 136 Å². The molecular weight excluding hydrogens is 1190 g/mol. The summed E-state index contributed by atoms with van der Waals surface area (Å²) in [6.45, 7) is 8.25. The summed E-state index contributed by atoms with van der Waals surface area (Å²) in [5, 5.41) is 25.1. The van der Waals surface area contributed by atoms with Gasteiger partial charge in [-0.2, -0.15) is 10.5 Å². The van der Waals surface area contributed by atoms with Crippen molar-refractivity contribution in [2.45, 2.75) is 0 Å². The highest BCUT2D eigenvalue weighted by Gasteiger charge is 2.24. The highest BCUT2D eigenvalue weighted by molar-refractivity contribution is 6.13. The third kappa shape index (κ3) is 10.5. The minimum absolute atomic E-state index is 0.408. The fourth-order valence-corrected chi connectivity index (χ4v) is 13.9. The van der Waals surface area contributed by atoms with Crippen molar-refractivity contribution < 1.29 is 0 Å². The highest BCUT2D eigenvalue weighted by atomic mass is 15.0. The summed E-state index contributed by atoms with van der Waals surface area (Å²) in [6.07, 6.45) is 0. The molecule has 0 aliphatic heterocycles. The van der Waals surface area contributed by atoms with Gasteiger partial charge in [-0.05, 0) is 187 Å². The molecule has 0 N–H and O–H groups in total. The summed E-state index contributed by atoms with van der Waals surface area (Å²) in [5.74, 6) is 1.24. The third-order valence-electron chi connectivity index (χ3n) is 18.7. The van der Waals surface area contributed by atoms with E-state index < -0.39 is 0 Å². The van der Waals surface area contributed by atoms with Gasteiger partial charge in [0.15, 0.2) is 23.2 Å². The second kappa shape index (κ2) is 24.6. The summed E-state index contributed by atoms with van der Waals surface area (Å²) in [7, 11) is 0. The average Bonchev–Trinajstić information content (AvgIpc) is 1.57. The van der Waals surface area contributed by atoms with Crippen LogP contribution in [0.2, 0.25) is 0 Å². The van der Waals surface area contributed by atoms with E-state index in [0.717, 1.165) is 150 Å². The van der Waals surface area contributed by atoms with Crippen LogP contribution in [0.5, 0.6) is 0 Å². The molecule has 17 aromatic rings. The fourth-order valence-electron chi connectivity index (χ4n) is 13.9. The van der Waals surface area contributed by atoms with Crippen molar-refractivity contribution in [3.63, 3.8) is 0 Å². The predicted octanol–water partition coefficient (Wildman–Crippen LogP) is 23.0. The number of rotatable bonds is 12. The van der Waals surface area contributed by atoms with Gasteiger partial charge in [0.2, 0.25) is 0 Å². The third-order valence-corrected chi connectivity index (χ3v) is 18.7. The Morgan fingerprint density at radius 1 is 0.265 bits per heavy atom. The Labute approximate surface area is 566 Å². The first-order valence-electron chi connectivity index (χ1n) is 32.4. The lowest BCUT2D eigenvalue weighted by Crippen LogP contribution is -2.03. The van der Waals surface area contributed by atoms with Gasteiger partial charge in [-0.25, -0.2) is 19.8 Å². The van der Waals surface area contributed by atoms with Gasteiger partial charge in [0.1, 0.15) is 0 Å². The molecule has 454 valence electrons. The molecule has 14 aromatic carbocycles. The maximum atomic E-state index is 10.5. The Morgan fingerprint density at radius 2 is 0.643 bits per heavy atom. The van der Waals surface area contributed by atoms with Crippen LogP contribution in [-0.4, -0.2) is 24.1 Å². The molecule has 0 spiro atoms. The van der Waals surface area contributed by atoms with Crippen molar-refractivity contribution in [1.29, 1.82) is 10.5 Å². The maximum Gasteiger partial charge on any atom is 0.187 e. The van der Waals surface area contributed by atoms with Gasteiger partial charge >= 0.3 is 0 Å². The van der Waals surface area contributed by atoms with Gasteiger partial charge in [-0.3, -0.25) is 0 Å². The lowest BCUT2D eigenvalue weighted by Gasteiger charge is -2.17. The standard InChI is InChI=1S/C90H54N8/c1-93-72-30-17-29-70(49-72)79-55-74(98-86-46-38-67(61-23-10-4-11-24-61)52-82(86)83-53-68(39-47-87(83)98)62-25-12-5-13-26-62)41-43-77(79)90-95-88(64-34-32-63(33-35-64)75-31-15-14-27-71(75)57-92)94-89(96-90)76-42-40-73(54-78(76)69-28-16-18-58(48-69)56-91)97-84-44-36-65(59-19-6-2-7-20-59)50-80(84)81-51-66(37-45-85(81)97)60-21-8-3-9-22-60/h2-55H. The first-order chi connectivity index (χ1) is 48.4. The van der Waals surface area contributed by atoms with E-state index in [2.05, 4.69) is 232 Å². The molecule has 0 atom stereocenters. The van der Waals surface area contributed by atoms with Crippen molar-refractivity contribution >= 4 is 49.3 Å². The Balaban J connectivity index is 0.893. The second-order valence-corrected chi connectivity index (χ2v) is 24.4. The molecule has 0 unspecified atom stereocenters. The SMILES string of the molecule is [C-]#[N+]c1cccc(-c2cc(-n3c4ccc(-c5ccccc5)cc4c4cc(-c5ccccc5)ccc43)ccc2-c2nc(-c3ccc(-c4ccccc4C#N)cc3)nc(-c3ccc(-n4c5ccc(-c6ccccc6)cc5c5cc(-c6ccccc6)ccc54)cc3-c3cccc(C#N)c3)n2)c1. The average molecular weight is 1250 g/mol. The molecule has 0 radical (unpaired) electrons. The molecule has 17 rings (SSSR count). The van der Waals surface area contributed by atoms with Gasteiger partial charge in [0, 0.05) is 49.6 Å². The van der Waals surface area contributed by atoms with Crippen molar-refractivity contribution in [2.24, 2.45) is 0 Å². The predicted molar refractivity (Wildman–Crippen MR) is 399 cm³/mol. The van der Waals surface area contributed by atoms with Gasteiger partial charge < -0.3 is 9.13 Å². The van der Waals surface area contributed by atoms with Gasteiger partial charge in [0.25, 0.3) is 0 Å². The second-order valence-electron chi connectivity index (χ2n) is 24.4. The molecule has 0 bridgehead atoms. The monoisotopic (exact) mass is 1250 g/mol. The number of nitrogens with zero attached hydrogens (tertiary/aromatic N) is 8. The van der Waals surface area contributed by atoms with Crippen molar-refractivity contribution in [1.82, 2.24) is 24.1 Å². The van der Waals surface area contributed by atoms with E-state index in [1.807, 2.05) is 121 Å². The molecule has 0 amide bonds.